The number of carbonyl (C=O) groups is 2. The van der Waals surface area contributed by atoms with Crippen LogP contribution in [0.15, 0.2) is 12.1 Å². The minimum Gasteiger partial charge on any atom is -0.471 e. The van der Waals surface area contributed by atoms with Crippen LogP contribution in [0, 0.1) is 20.8 Å². The van der Waals surface area contributed by atoms with Crippen molar-refractivity contribution in [1.82, 2.24) is 0 Å². The van der Waals surface area contributed by atoms with Gasteiger partial charge in [-0.25, -0.2) is 4.79 Å². The normalized spacial score (nSPS) is 20.1. The van der Waals surface area contributed by atoms with E-state index in [1.165, 1.54) is 6.92 Å². The molecule has 0 amide bonds. The minimum absolute atomic E-state index is 0.642. The largest absolute Gasteiger partial charge is 0.471 e. The Labute approximate surface area is 118 Å². The van der Waals surface area contributed by atoms with E-state index in [9.17, 15) is 9.59 Å². The molecule has 1 aromatic rings. The van der Waals surface area contributed by atoms with Crippen molar-refractivity contribution in [2.45, 2.75) is 40.2 Å². The Morgan fingerprint density at radius 1 is 1.20 bits per heavy atom. The first kappa shape index (κ1) is 14.3. The quantitative estimate of drug-likeness (QED) is 0.583. The Morgan fingerprint density at radius 3 is 2.45 bits per heavy atom. The van der Waals surface area contributed by atoms with Gasteiger partial charge in [0.25, 0.3) is 0 Å². The van der Waals surface area contributed by atoms with E-state index in [1.807, 2.05) is 26.8 Å². The van der Waals surface area contributed by atoms with E-state index in [-0.39, 0.29) is 0 Å². The molecule has 4 heteroatoms. The van der Waals surface area contributed by atoms with Crippen molar-refractivity contribution in [1.29, 1.82) is 0 Å². The zero-order chi connectivity index (χ0) is 15.1. The molecule has 20 heavy (non-hydrogen) atoms. The summed E-state index contributed by atoms with van der Waals surface area (Å²) in [6, 6.07) is 2.08. The molecule has 106 valence electrons. The highest BCUT2D eigenvalue weighted by Gasteiger charge is 2.39. The smallest absolute Gasteiger partial charge is 0.361 e. The SMILES string of the molecule is CC(=O)OC(=O)C1(C)C=Cc2c(C)cc(C)c(C)c2O1. The van der Waals surface area contributed by atoms with Crippen LogP contribution < -0.4 is 4.74 Å². The van der Waals surface area contributed by atoms with Crippen LogP contribution in [0.5, 0.6) is 5.75 Å². The van der Waals surface area contributed by atoms with Gasteiger partial charge in [-0.15, -0.1) is 0 Å². The number of rotatable bonds is 1. The first-order valence-corrected chi connectivity index (χ1v) is 6.46. The van der Waals surface area contributed by atoms with E-state index in [0.29, 0.717) is 5.75 Å². The fourth-order valence-electron chi connectivity index (χ4n) is 2.24. The predicted molar refractivity (Wildman–Crippen MR) is 75.5 cm³/mol. The summed E-state index contributed by atoms with van der Waals surface area (Å²) in [5.41, 5.74) is 2.85. The number of benzene rings is 1. The van der Waals surface area contributed by atoms with E-state index in [2.05, 4.69) is 10.8 Å². The van der Waals surface area contributed by atoms with Gasteiger partial charge in [-0.2, -0.15) is 0 Å². The van der Waals surface area contributed by atoms with Crippen molar-refractivity contribution in [3.05, 3.63) is 34.4 Å². The van der Waals surface area contributed by atoms with Gasteiger partial charge in [0.15, 0.2) is 0 Å². The van der Waals surface area contributed by atoms with Gasteiger partial charge in [-0.1, -0.05) is 12.1 Å². The molecule has 1 heterocycles. The molecule has 0 aliphatic carbocycles. The van der Waals surface area contributed by atoms with Crippen LogP contribution in [0.3, 0.4) is 0 Å². The molecule has 0 aromatic heterocycles. The van der Waals surface area contributed by atoms with Crippen LogP contribution in [0.1, 0.15) is 36.1 Å². The summed E-state index contributed by atoms with van der Waals surface area (Å²) in [5, 5.41) is 0. The second-order valence-corrected chi connectivity index (χ2v) is 5.30. The third kappa shape index (κ3) is 2.33. The highest BCUT2D eigenvalue weighted by atomic mass is 16.6. The Morgan fingerprint density at radius 2 is 1.85 bits per heavy atom. The van der Waals surface area contributed by atoms with Crippen LogP contribution in [0.4, 0.5) is 0 Å². The predicted octanol–water partition coefficient (Wildman–Crippen LogP) is 2.87. The van der Waals surface area contributed by atoms with Crippen LogP contribution in [0.2, 0.25) is 0 Å². The Balaban J connectivity index is 2.45. The first-order valence-electron chi connectivity index (χ1n) is 6.46. The molecule has 4 nitrogen and oxygen atoms in total. The molecule has 1 aliphatic rings. The Hall–Kier alpha value is -2.10. The van der Waals surface area contributed by atoms with E-state index >= 15 is 0 Å². The summed E-state index contributed by atoms with van der Waals surface area (Å²) in [4.78, 5) is 22.9. The molecule has 0 N–H and O–H groups in total. The lowest BCUT2D eigenvalue weighted by Gasteiger charge is -2.31. The van der Waals surface area contributed by atoms with Gasteiger partial charge in [-0.3, -0.25) is 4.79 Å². The molecule has 0 spiro atoms. The van der Waals surface area contributed by atoms with E-state index in [0.717, 1.165) is 22.3 Å². The molecule has 0 fully saturated rings. The third-order valence-electron chi connectivity index (χ3n) is 3.56. The van der Waals surface area contributed by atoms with Gasteiger partial charge in [0.2, 0.25) is 5.60 Å². The molecule has 1 atom stereocenters. The summed E-state index contributed by atoms with van der Waals surface area (Å²) in [6.45, 7) is 8.73. The molecular weight excluding hydrogens is 256 g/mol. The van der Waals surface area contributed by atoms with E-state index < -0.39 is 17.5 Å². The van der Waals surface area contributed by atoms with Gasteiger partial charge in [0.05, 0.1) is 0 Å². The van der Waals surface area contributed by atoms with Gasteiger partial charge in [-0.05, 0) is 50.5 Å². The molecule has 1 aromatic carbocycles. The van der Waals surface area contributed by atoms with Gasteiger partial charge >= 0.3 is 11.9 Å². The maximum atomic E-state index is 12.0. The highest BCUT2D eigenvalue weighted by molar-refractivity contribution is 5.92. The Bertz CT molecular complexity index is 628. The van der Waals surface area contributed by atoms with Crippen molar-refractivity contribution in [2.24, 2.45) is 0 Å². The molecule has 1 unspecified atom stereocenters. The zero-order valence-corrected chi connectivity index (χ0v) is 12.4. The molecule has 2 rings (SSSR count). The number of aryl methyl sites for hydroxylation is 2. The average molecular weight is 274 g/mol. The minimum atomic E-state index is -1.27. The lowest BCUT2D eigenvalue weighted by atomic mass is 9.93. The summed E-state index contributed by atoms with van der Waals surface area (Å²) >= 11 is 0. The number of esters is 2. The second kappa shape index (κ2) is 4.78. The topological polar surface area (TPSA) is 52.6 Å². The summed E-state index contributed by atoms with van der Waals surface area (Å²) in [5.74, 6) is -0.672. The fourth-order valence-corrected chi connectivity index (χ4v) is 2.24. The van der Waals surface area contributed by atoms with E-state index in [4.69, 9.17) is 4.74 Å². The monoisotopic (exact) mass is 274 g/mol. The van der Waals surface area contributed by atoms with E-state index in [1.54, 1.807) is 13.0 Å². The highest BCUT2D eigenvalue weighted by Crippen LogP contribution is 2.37. The zero-order valence-electron chi connectivity index (χ0n) is 12.4. The Kier molecular flexibility index (Phi) is 3.42. The van der Waals surface area contributed by atoms with Gasteiger partial charge in [0, 0.05) is 12.5 Å². The number of ether oxygens (including phenoxy) is 2. The first-order chi connectivity index (χ1) is 9.24. The van der Waals surface area contributed by atoms with Crippen molar-refractivity contribution in [3.8, 4) is 5.75 Å². The standard InChI is InChI=1S/C16H18O4/c1-9-8-10(2)13-6-7-16(5,15(18)19-12(4)17)20-14(13)11(9)3/h6-8H,1-5H3. The van der Waals surface area contributed by atoms with Crippen LogP contribution in [0.25, 0.3) is 6.08 Å². The maximum Gasteiger partial charge on any atom is 0.361 e. The lowest BCUT2D eigenvalue weighted by molar-refractivity contribution is -0.166. The summed E-state index contributed by atoms with van der Waals surface area (Å²) in [7, 11) is 0. The van der Waals surface area contributed by atoms with Gasteiger partial charge in [0.1, 0.15) is 5.75 Å². The molecule has 0 radical (unpaired) electrons. The molecule has 1 aliphatic heterocycles. The average Bonchev–Trinajstić information content (AvgIpc) is 2.35. The van der Waals surface area contributed by atoms with Crippen molar-refractivity contribution in [2.75, 3.05) is 0 Å². The number of fused-ring (bicyclic) bond motifs is 1. The molecule has 0 saturated carbocycles. The second-order valence-electron chi connectivity index (χ2n) is 5.30. The number of hydrogen-bond donors (Lipinski definition) is 0. The summed E-state index contributed by atoms with van der Waals surface area (Å²) in [6.07, 6.45) is 3.48. The maximum absolute atomic E-state index is 12.0. The summed E-state index contributed by atoms with van der Waals surface area (Å²) < 4.78 is 10.5. The number of carbonyl (C=O) groups excluding carboxylic acids is 2. The van der Waals surface area contributed by atoms with Crippen molar-refractivity contribution < 1.29 is 19.1 Å². The van der Waals surface area contributed by atoms with Crippen LogP contribution in [-0.2, 0) is 14.3 Å². The molecule has 0 bridgehead atoms. The molecular formula is C16H18O4. The van der Waals surface area contributed by atoms with Crippen molar-refractivity contribution in [3.63, 3.8) is 0 Å². The third-order valence-corrected chi connectivity index (χ3v) is 3.56. The number of hydrogen-bond acceptors (Lipinski definition) is 4. The van der Waals surface area contributed by atoms with Crippen molar-refractivity contribution >= 4 is 18.0 Å². The van der Waals surface area contributed by atoms with Gasteiger partial charge < -0.3 is 9.47 Å². The fraction of sp³-hybridized carbons (Fsp3) is 0.375. The lowest BCUT2D eigenvalue weighted by Crippen LogP contribution is -2.43. The molecule has 0 saturated heterocycles. The van der Waals surface area contributed by atoms with Crippen LogP contribution >= 0.6 is 0 Å². The van der Waals surface area contributed by atoms with Crippen LogP contribution in [-0.4, -0.2) is 17.5 Å².